The maximum Gasteiger partial charge on any atom is 0.326 e. The highest BCUT2D eigenvalue weighted by atomic mass is 16.4. The molecule has 0 unspecified atom stereocenters. The number of amides is 7. The topological polar surface area (TPSA) is 342 Å². The van der Waals surface area contributed by atoms with Crippen LogP contribution in [-0.4, -0.2) is 161 Å². The van der Waals surface area contributed by atoms with Gasteiger partial charge in [0.15, 0.2) is 0 Å². The molecule has 12 N–H and O–H groups in total. The minimum atomic E-state index is -1.28. The molecule has 1 aromatic carbocycles. The Hall–Kier alpha value is -7.47. The van der Waals surface area contributed by atoms with Crippen molar-refractivity contribution < 1.29 is 43.5 Å². The summed E-state index contributed by atoms with van der Waals surface area (Å²) in [7, 11) is 0. The summed E-state index contributed by atoms with van der Waals surface area (Å²) < 4.78 is 0. The van der Waals surface area contributed by atoms with E-state index in [1.807, 2.05) is 65.0 Å². The molecule has 0 saturated carbocycles. The largest absolute Gasteiger partial charge is 0.480 e. The van der Waals surface area contributed by atoms with Crippen LogP contribution in [0.5, 0.6) is 0 Å². The number of H-pyrrole nitrogens is 3. The van der Waals surface area contributed by atoms with Crippen molar-refractivity contribution in [1.29, 1.82) is 0 Å². The number of hydrogen-bond donors (Lipinski definition) is 12. The second-order valence-corrected chi connectivity index (χ2v) is 21.8. The molecule has 0 aliphatic carbocycles. The van der Waals surface area contributed by atoms with E-state index in [-0.39, 0.29) is 62.4 Å². The molecule has 7 amide bonds. The first-order valence-corrected chi connectivity index (χ1v) is 27.7. The fraction of sp³-hybridized carbons (Fsp3) is 0.582. The SMILES string of the molecule is CC[C@H](C)[C@H](NC(=O)[C@H](CC(C)C)NC[C@H](CC(C)C)NC(=O)[C@H](Cc1cnc[nH]1)NC(=O)[C@H](Cc1ccccc1)NC(=O)[C@@H]1CCCN1C(=O)[C@H](Cc1cnc[nH]1)NC(=O)[C@@H]1CCCN1)C(=O)N[C@@H](Cc1cnc[nH]1)C(=O)O. The summed E-state index contributed by atoms with van der Waals surface area (Å²) in [6.07, 6.45) is 12.7. The molecule has 2 aliphatic rings. The number of rotatable bonds is 31. The number of carboxylic acids is 1. The number of carbonyl (C=O) groups excluding carboxylic acids is 7. The highest BCUT2D eigenvalue weighted by molar-refractivity contribution is 5.97. The quantitative estimate of drug-likeness (QED) is 0.0334. The van der Waals surface area contributed by atoms with E-state index in [1.165, 1.54) is 30.1 Å². The van der Waals surface area contributed by atoms with Crippen molar-refractivity contribution in [1.82, 2.24) is 77.3 Å². The third-order valence-corrected chi connectivity index (χ3v) is 14.5. The number of nitrogens with one attached hydrogen (secondary N) is 11. The lowest BCUT2D eigenvalue weighted by atomic mass is 9.96. The Kier molecular flexibility index (Phi) is 23.1. The van der Waals surface area contributed by atoms with Gasteiger partial charge in [-0.1, -0.05) is 78.3 Å². The zero-order chi connectivity index (χ0) is 57.0. The fourth-order valence-electron chi connectivity index (χ4n) is 10.1. The summed E-state index contributed by atoms with van der Waals surface area (Å²) >= 11 is 0. The lowest BCUT2D eigenvalue weighted by molar-refractivity contribution is -0.142. The third kappa shape index (κ3) is 18.6. The molecule has 24 nitrogen and oxygen atoms in total. The van der Waals surface area contributed by atoms with E-state index in [2.05, 4.69) is 72.4 Å². The highest BCUT2D eigenvalue weighted by Crippen LogP contribution is 2.21. The van der Waals surface area contributed by atoms with Crippen molar-refractivity contribution in [3.05, 3.63) is 90.5 Å². The average molecular weight is 1100 g/mol. The number of carbonyl (C=O) groups is 8. The minimum Gasteiger partial charge on any atom is -0.480 e. The molecule has 0 radical (unpaired) electrons. The van der Waals surface area contributed by atoms with E-state index in [0.29, 0.717) is 62.2 Å². The van der Waals surface area contributed by atoms with Gasteiger partial charge in [-0.3, -0.25) is 33.6 Å². The van der Waals surface area contributed by atoms with Gasteiger partial charge in [-0.2, -0.15) is 0 Å². The molecule has 0 bridgehead atoms. The van der Waals surface area contributed by atoms with Gasteiger partial charge in [-0.05, 0) is 68.4 Å². The Balaban J connectivity index is 1.17. The zero-order valence-electron chi connectivity index (χ0n) is 46.2. The first-order chi connectivity index (χ1) is 37.9. The Morgan fingerprint density at radius 1 is 0.620 bits per heavy atom. The number of carboxylic acid groups (broad SMARTS) is 1. The molecule has 6 rings (SSSR count). The summed E-state index contributed by atoms with van der Waals surface area (Å²) in [4.78, 5) is 134. The van der Waals surface area contributed by atoms with Crippen LogP contribution in [0.25, 0.3) is 0 Å². The summed E-state index contributed by atoms with van der Waals surface area (Å²) in [6.45, 7) is 12.6. The van der Waals surface area contributed by atoms with Crippen molar-refractivity contribution in [2.24, 2.45) is 17.8 Å². The molecule has 5 heterocycles. The summed E-state index contributed by atoms with van der Waals surface area (Å²) in [5.74, 6) is -5.11. The van der Waals surface area contributed by atoms with Crippen LogP contribution >= 0.6 is 0 Å². The molecule has 2 fully saturated rings. The maximum atomic E-state index is 14.7. The van der Waals surface area contributed by atoms with Crippen molar-refractivity contribution in [2.75, 3.05) is 19.6 Å². The molecule has 2 saturated heterocycles. The Morgan fingerprint density at radius 3 is 1.73 bits per heavy atom. The molecule has 0 spiro atoms. The van der Waals surface area contributed by atoms with E-state index in [0.717, 1.165) is 12.0 Å². The predicted molar refractivity (Wildman–Crippen MR) is 292 cm³/mol. The van der Waals surface area contributed by atoms with E-state index in [9.17, 15) is 43.5 Å². The monoisotopic (exact) mass is 1100 g/mol. The van der Waals surface area contributed by atoms with Crippen LogP contribution in [0.2, 0.25) is 0 Å². The average Bonchev–Trinajstić information content (AvgIpc) is 4.30. The van der Waals surface area contributed by atoms with Crippen molar-refractivity contribution in [3.63, 3.8) is 0 Å². The summed E-state index contributed by atoms with van der Waals surface area (Å²) in [6, 6.07) is 0.591. The van der Waals surface area contributed by atoms with Crippen molar-refractivity contribution in [2.45, 2.75) is 167 Å². The van der Waals surface area contributed by atoms with Crippen LogP contribution in [0, 0.1) is 17.8 Å². The second-order valence-electron chi connectivity index (χ2n) is 21.8. The first kappa shape index (κ1) is 60.8. The molecule has 430 valence electrons. The second kappa shape index (κ2) is 30.0. The number of aromatic amines is 3. The molecular formula is C55H81N15O9. The standard InChI is InChI=1S/C55H81N15O9/c1-7-34(6)47(53(76)68-45(55(78)79)24-38-27-58-31-63-38)69-49(72)41(20-33(4)5)60-28-39(19-32(2)3)64-50(73)43(22-36-25-56-29-61-36)65-51(74)42(21-35-13-9-8-10-14-35)66-52(75)46-16-12-18-70(46)54(77)44(23-37-26-57-30-62-37)67-48(71)40-15-11-17-59-40/h8-10,13-14,25-27,29-34,39-47,59-60H,7,11-12,15-24,28H2,1-6H3,(H,56,61)(H,57,62)(H,58,63)(H,64,73)(H,65,74)(H,66,75)(H,67,71)(H,68,76)(H,69,72)(H,78,79)/t34-,39-,40-,41-,42-,43-,44-,45-,46-,47-/m0/s1. The third-order valence-electron chi connectivity index (χ3n) is 14.5. The molecule has 24 heteroatoms. The Labute approximate surface area is 461 Å². The maximum absolute atomic E-state index is 14.7. The number of aliphatic carboxylic acids is 1. The van der Waals surface area contributed by atoms with Gasteiger partial charge in [-0.25, -0.2) is 19.7 Å². The van der Waals surface area contributed by atoms with E-state index >= 15 is 0 Å². The number of hydrogen-bond acceptors (Lipinski definition) is 13. The van der Waals surface area contributed by atoms with Gasteiger partial charge < -0.3 is 67.5 Å². The van der Waals surface area contributed by atoms with Crippen LogP contribution < -0.4 is 42.5 Å². The van der Waals surface area contributed by atoms with Gasteiger partial charge in [0.05, 0.1) is 31.1 Å². The minimum absolute atomic E-state index is 0.00179. The fourth-order valence-corrected chi connectivity index (χ4v) is 10.1. The number of benzene rings is 1. The molecule has 4 aromatic rings. The predicted octanol–water partition coefficient (Wildman–Crippen LogP) is 0.959. The highest BCUT2D eigenvalue weighted by Gasteiger charge is 2.41. The van der Waals surface area contributed by atoms with Gasteiger partial charge in [-0.15, -0.1) is 0 Å². The van der Waals surface area contributed by atoms with Gasteiger partial charge in [0.25, 0.3) is 0 Å². The lowest BCUT2D eigenvalue weighted by Gasteiger charge is -2.31. The first-order valence-electron chi connectivity index (χ1n) is 27.7. The van der Waals surface area contributed by atoms with Crippen molar-refractivity contribution in [3.8, 4) is 0 Å². The van der Waals surface area contributed by atoms with Crippen LogP contribution in [-0.2, 0) is 64.0 Å². The van der Waals surface area contributed by atoms with E-state index in [4.69, 9.17) is 0 Å². The summed E-state index contributed by atoms with van der Waals surface area (Å²) in [5, 5.41) is 33.9. The van der Waals surface area contributed by atoms with Crippen molar-refractivity contribution >= 4 is 47.3 Å². The number of imidazole rings is 3. The van der Waals surface area contributed by atoms with Crippen LogP contribution in [0.3, 0.4) is 0 Å². The number of likely N-dealkylation sites (tertiary alicyclic amines) is 1. The Bertz CT molecular complexity index is 2570. The van der Waals surface area contributed by atoms with E-state index in [1.54, 1.807) is 19.3 Å². The van der Waals surface area contributed by atoms with Crippen LogP contribution in [0.15, 0.2) is 67.9 Å². The molecule has 2 aliphatic heterocycles. The molecule has 10 atom stereocenters. The van der Waals surface area contributed by atoms with Gasteiger partial charge in [0.2, 0.25) is 41.4 Å². The zero-order valence-corrected chi connectivity index (χ0v) is 46.2. The molecular weight excluding hydrogens is 1010 g/mol. The smallest absolute Gasteiger partial charge is 0.326 e. The van der Waals surface area contributed by atoms with Gasteiger partial charge in [0, 0.05) is 80.5 Å². The van der Waals surface area contributed by atoms with Gasteiger partial charge >= 0.3 is 5.97 Å². The lowest BCUT2D eigenvalue weighted by Crippen LogP contribution is -2.60. The summed E-state index contributed by atoms with van der Waals surface area (Å²) in [5.41, 5.74) is 2.42. The normalized spacial score (nSPS) is 18.4. The number of aromatic nitrogens is 6. The Morgan fingerprint density at radius 2 is 1.18 bits per heavy atom. The number of nitrogens with zero attached hydrogens (tertiary/aromatic N) is 4. The molecule has 79 heavy (non-hydrogen) atoms. The van der Waals surface area contributed by atoms with Crippen LogP contribution in [0.4, 0.5) is 0 Å². The van der Waals surface area contributed by atoms with Crippen LogP contribution in [0.1, 0.15) is 109 Å². The van der Waals surface area contributed by atoms with Gasteiger partial charge in [0.1, 0.15) is 36.3 Å². The van der Waals surface area contributed by atoms with E-state index < -0.39 is 95.8 Å². The molecule has 3 aromatic heterocycles.